The predicted octanol–water partition coefficient (Wildman–Crippen LogP) is 1.14. The molecule has 2 rings (SSSR count). The van der Waals surface area contributed by atoms with Crippen molar-refractivity contribution in [3.8, 4) is 0 Å². The molecule has 0 aliphatic carbocycles. The number of nitrogens with zero attached hydrogens (tertiary/aromatic N) is 2. The van der Waals surface area contributed by atoms with Crippen molar-refractivity contribution in [1.82, 2.24) is 8.61 Å². The third kappa shape index (κ3) is 4.56. The molecule has 0 atom stereocenters. The molecule has 2 aromatic rings. The normalized spacial score (nSPS) is 12.5. The van der Waals surface area contributed by atoms with Gasteiger partial charge in [0.1, 0.15) is 12.4 Å². The van der Waals surface area contributed by atoms with Crippen molar-refractivity contribution in [1.29, 1.82) is 0 Å². The van der Waals surface area contributed by atoms with Gasteiger partial charge in [-0.05, 0) is 36.4 Å². The van der Waals surface area contributed by atoms with E-state index in [1.807, 2.05) is 0 Å². The summed E-state index contributed by atoms with van der Waals surface area (Å²) < 4.78 is 60.2. The molecular weight excluding hydrogens is 396 g/mol. The summed E-state index contributed by atoms with van der Waals surface area (Å²) in [7, 11) is -1.73. The van der Waals surface area contributed by atoms with Gasteiger partial charge in [0.25, 0.3) is 10.0 Å². The molecule has 0 radical (unpaired) electrons. The quantitative estimate of drug-likeness (QED) is 0.622. The Hall–Kier alpha value is -2.21. The summed E-state index contributed by atoms with van der Waals surface area (Å²) in [5, 5.41) is -0.253. The Morgan fingerprint density at radius 1 is 0.889 bits per heavy atom. The lowest BCUT2D eigenvalue weighted by atomic mass is 10.2. The topological polar surface area (TPSA) is 114 Å². The third-order valence-corrected chi connectivity index (χ3v) is 7.10. The van der Waals surface area contributed by atoms with E-state index in [4.69, 9.17) is 9.15 Å². The summed E-state index contributed by atoms with van der Waals surface area (Å²) in [6, 6.07) is 7.96. The average molecular weight is 416 g/mol. The molecule has 9 nitrogen and oxygen atoms in total. The van der Waals surface area contributed by atoms with Crippen molar-refractivity contribution in [2.24, 2.45) is 0 Å². The van der Waals surface area contributed by atoms with Crippen LogP contribution in [0.4, 0.5) is 0 Å². The highest BCUT2D eigenvalue weighted by molar-refractivity contribution is 7.89. The summed E-state index contributed by atoms with van der Waals surface area (Å²) in [5.74, 6) is -0.534. The molecule has 1 aromatic carbocycles. The zero-order chi connectivity index (χ0) is 20.4. The lowest BCUT2D eigenvalue weighted by Gasteiger charge is -2.11. The van der Waals surface area contributed by atoms with E-state index in [2.05, 4.69) is 0 Å². The van der Waals surface area contributed by atoms with Crippen molar-refractivity contribution < 1.29 is 30.8 Å². The van der Waals surface area contributed by atoms with Gasteiger partial charge in [-0.3, -0.25) is 0 Å². The molecule has 0 aliphatic heterocycles. The zero-order valence-corrected chi connectivity index (χ0v) is 16.9. The van der Waals surface area contributed by atoms with E-state index in [0.717, 1.165) is 8.61 Å². The van der Waals surface area contributed by atoms with Gasteiger partial charge < -0.3 is 9.15 Å². The van der Waals surface area contributed by atoms with E-state index in [9.17, 15) is 21.6 Å². The molecule has 0 N–H and O–H groups in total. The van der Waals surface area contributed by atoms with Crippen LogP contribution in [-0.4, -0.2) is 59.6 Å². The summed E-state index contributed by atoms with van der Waals surface area (Å²) in [6.07, 6.45) is 0. The van der Waals surface area contributed by atoms with Crippen LogP contribution in [-0.2, 0) is 31.4 Å². The highest BCUT2D eigenvalue weighted by Gasteiger charge is 2.22. The summed E-state index contributed by atoms with van der Waals surface area (Å²) in [4.78, 5) is 12.1. The number of carbonyl (C=O) groups excluding carboxylic acids is 1. The average Bonchev–Trinajstić information content (AvgIpc) is 3.09. The Bertz CT molecular complexity index is 1020. The monoisotopic (exact) mass is 416 g/mol. The fourth-order valence-corrected chi connectivity index (χ4v) is 3.66. The summed E-state index contributed by atoms with van der Waals surface area (Å²) in [6.45, 7) is -0.264. The van der Waals surface area contributed by atoms with E-state index in [1.165, 1.54) is 64.6 Å². The largest absolute Gasteiger partial charge is 0.454 e. The number of carbonyl (C=O) groups is 1. The van der Waals surface area contributed by atoms with Gasteiger partial charge in [-0.2, -0.15) is 0 Å². The number of rotatable bonds is 7. The van der Waals surface area contributed by atoms with E-state index < -0.39 is 26.0 Å². The molecule has 11 heteroatoms. The minimum atomic E-state index is -3.71. The first-order valence-electron chi connectivity index (χ1n) is 7.67. The molecule has 1 heterocycles. The number of esters is 1. The highest BCUT2D eigenvalue weighted by Crippen LogP contribution is 2.18. The van der Waals surface area contributed by atoms with Gasteiger partial charge in [-0.25, -0.2) is 30.2 Å². The number of benzene rings is 1. The molecule has 0 saturated heterocycles. The Morgan fingerprint density at radius 3 is 1.96 bits per heavy atom. The number of hydrogen-bond donors (Lipinski definition) is 0. The van der Waals surface area contributed by atoms with Crippen LogP contribution in [0.25, 0.3) is 0 Å². The van der Waals surface area contributed by atoms with Crippen molar-refractivity contribution in [2.75, 3.05) is 28.2 Å². The van der Waals surface area contributed by atoms with Gasteiger partial charge >= 0.3 is 5.97 Å². The van der Waals surface area contributed by atoms with Crippen molar-refractivity contribution in [3.05, 3.63) is 47.7 Å². The van der Waals surface area contributed by atoms with Crippen molar-refractivity contribution in [3.63, 3.8) is 0 Å². The van der Waals surface area contributed by atoms with E-state index >= 15 is 0 Å². The van der Waals surface area contributed by atoms with Crippen LogP contribution in [0.15, 0.2) is 50.8 Å². The van der Waals surface area contributed by atoms with Crippen LogP contribution in [0.2, 0.25) is 0 Å². The van der Waals surface area contributed by atoms with Crippen LogP contribution < -0.4 is 0 Å². The minimum Gasteiger partial charge on any atom is -0.454 e. The van der Waals surface area contributed by atoms with Gasteiger partial charge in [-0.1, -0.05) is 0 Å². The molecule has 0 aliphatic rings. The highest BCUT2D eigenvalue weighted by atomic mass is 32.2. The second kappa shape index (κ2) is 7.80. The summed E-state index contributed by atoms with van der Waals surface area (Å²) >= 11 is 0. The molecule has 27 heavy (non-hydrogen) atoms. The molecule has 0 amide bonds. The smallest absolute Gasteiger partial charge is 0.338 e. The predicted molar refractivity (Wildman–Crippen MR) is 96.0 cm³/mol. The molecule has 0 bridgehead atoms. The first kappa shape index (κ1) is 21.1. The lowest BCUT2D eigenvalue weighted by Crippen LogP contribution is -2.22. The van der Waals surface area contributed by atoms with Crippen LogP contribution >= 0.6 is 0 Å². The third-order valence-electron chi connectivity index (χ3n) is 3.59. The van der Waals surface area contributed by atoms with Crippen LogP contribution in [0.5, 0.6) is 0 Å². The molecule has 148 valence electrons. The lowest BCUT2D eigenvalue weighted by molar-refractivity contribution is 0.0440. The Labute approximate surface area is 158 Å². The maximum atomic E-state index is 12.1. The summed E-state index contributed by atoms with van der Waals surface area (Å²) in [5.41, 5.74) is 0.153. The minimum absolute atomic E-state index is 0.0496. The van der Waals surface area contributed by atoms with Crippen molar-refractivity contribution >= 4 is 26.0 Å². The van der Waals surface area contributed by atoms with Gasteiger partial charge in [0.2, 0.25) is 15.1 Å². The standard InChI is InChI=1S/C16H20N2O7S2/c1-17(2)26(20,21)14-8-5-12(6-9-14)16(19)24-11-13-7-10-15(25-13)27(22,23)18(3)4/h5-10H,11H2,1-4H3. The number of furan rings is 1. The van der Waals surface area contributed by atoms with Crippen LogP contribution in [0, 0.1) is 0 Å². The maximum Gasteiger partial charge on any atom is 0.338 e. The van der Waals surface area contributed by atoms with Crippen LogP contribution in [0.1, 0.15) is 16.1 Å². The fourth-order valence-electron chi connectivity index (χ4n) is 1.95. The van der Waals surface area contributed by atoms with Crippen molar-refractivity contribution in [2.45, 2.75) is 16.6 Å². The molecule has 0 spiro atoms. The van der Waals surface area contributed by atoms with Gasteiger partial charge in [0, 0.05) is 28.2 Å². The number of hydrogen-bond acceptors (Lipinski definition) is 7. The van der Waals surface area contributed by atoms with Gasteiger partial charge in [-0.15, -0.1) is 0 Å². The first-order valence-corrected chi connectivity index (χ1v) is 10.5. The van der Waals surface area contributed by atoms with E-state index in [0.29, 0.717) is 0 Å². The Morgan fingerprint density at radius 2 is 1.44 bits per heavy atom. The Kier molecular flexibility index (Phi) is 6.10. The zero-order valence-electron chi connectivity index (χ0n) is 15.2. The maximum absolute atomic E-state index is 12.1. The number of sulfonamides is 2. The fraction of sp³-hybridized carbons (Fsp3) is 0.312. The SMILES string of the molecule is CN(C)S(=O)(=O)c1ccc(C(=O)OCc2ccc(S(=O)(=O)N(C)C)o2)cc1. The van der Waals surface area contributed by atoms with Crippen LogP contribution in [0.3, 0.4) is 0 Å². The molecule has 0 fully saturated rings. The van der Waals surface area contributed by atoms with E-state index in [-0.39, 0.29) is 27.9 Å². The number of ether oxygens (including phenoxy) is 1. The molecule has 1 aromatic heterocycles. The molecule has 0 saturated carbocycles. The van der Waals surface area contributed by atoms with E-state index in [1.54, 1.807) is 0 Å². The van der Waals surface area contributed by atoms with Gasteiger partial charge in [0.05, 0.1) is 10.5 Å². The second-order valence-electron chi connectivity index (χ2n) is 5.90. The first-order chi connectivity index (χ1) is 12.5. The second-order valence-corrected chi connectivity index (χ2v) is 10.1. The van der Waals surface area contributed by atoms with Gasteiger partial charge in [0.15, 0.2) is 0 Å². The Balaban J connectivity index is 2.06. The molecule has 0 unspecified atom stereocenters. The molecular formula is C16H20N2O7S2.